The molecule has 0 fully saturated rings. The zero-order chi connectivity index (χ0) is 16.1. The topological polar surface area (TPSA) is 47.2 Å². The van der Waals surface area contributed by atoms with Crippen molar-refractivity contribution in [1.82, 2.24) is 9.88 Å². The number of halogens is 1. The summed E-state index contributed by atoms with van der Waals surface area (Å²) in [7, 11) is 0. The Bertz CT molecular complexity index is 751. The Morgan fingerprint density at radius 3 is 2.70 bits per heavy atom. The first-order valence-electron chi connectivity index (χ1n) is 7.39. The molecule has 0 saturated heterocycles. The third-order valence-electron chi connectivity index (χ3n) is 3.64. The number of aromatic nitrogens is 1. The first kappa shape index (κ1) is 15.1. The van der Waals surface area contributed by atoms with E-state index in [9.17, 15) is 9.18 Å². The zero-order valence-electron chi connectivity index (χ0n) is 12.5. The maximum absolute atomic E-state index is 13.5. The van der Waals surface area contributed by atoms with Crippen LogP contribution in [-0.2, 0) is 11.3 Å². The van der Waals surface area contributed by atoms with E-state index in [-0.39, 0.29) is 24.2 Å². The molecule has 2 aromatic heterocycles. The number of furan rings is 1. The number of benzene rings is 1. The summed E-state index contributed by atoms with van der Waals surface area (Å²) >= 11 is 0. The molecule has 5 heteroatoms. The smallest absolute Gasteiger partial charge is 0.222 e. The number of carbonyl (C=O) groups is 1. The van der Waals surface area contributed by atoms with Crippen LogP contribution in [-0.4, -0.2) is 10.5 Å². The summed E-state index contributed by atoms with van der Waals surface area (Å²) in [5.41, 5.74) is 0.759. The minimum atomic E-state index is -0.310. The van der Waals surface area contributed by atoms with Crippen LogP contribution >= 0.6 is 0 Å². The Labute approximate surface area is 133 Å². The second-order valence-electron chi connectivity index (χ2n) is 5.26. The minimum absolute atomic E-state index is 0.121. The molecule has 3 rings (SSSR count). The first-order valence-corrected chi connectivity index (χ1v) is 7.39. The molecular formula is C18H17FN2O2. The van der Waals surface area contributed by atoms with Crippen LogP contribution in [0, 0.1) is 5.82 Å². The number of hydrogen-bond donors (Lipinski definition) is 1. The van der Waals surface area contributed by atoms with Gasteiger partial charge >= 0.3 is 0 Å². The molecule has 0 spiro atoms. The molecule has 1 atom stereocenters. The number of hydrogen-bond acceptors (Lipinski definition) is 2. The molecule has 0 bridgehead atoms. The van der Waals surface area contributed by atoms with Crippen molar-refractivity contribution < 1.29 is 13.6 Å². The number of carbonyl (C=O) groups excluding carboxylic acids is 1. The van der Waals surface area contributed by atoms with Crippen LogP contribution in [0.25, 0.3) is 0 Å². The fourth-order valence-electron chi connectivity index (χ4n) is 2.51. The Morgan fingerprint density at radius 2 is 2.00 bits per heavy atom. The van der Waals surface area contributed by atoms with Crippen LogP contribution in [0.5, 0.6) is 0 Å². The predicted octanol–water partition coefficient (Wildman–Crippen LogP) is 3.52. The van der Waals surface area contributed by atoms with Gasteiger partial charge in [-0.3, -0.25) is 4.79 Å². The number of nitrogens with one attached hydrogen (secondary N) is 1. The summed E-state index contributed by atoms with van der Waals surface area (Å²) < 4.78 is 20.6. The Hall–Kier alpha value is -2.82. The van der Waals surface area contributed by atoms with Crippen molar-refractivity contribution in [2.45, 2.75) is 19.0 Å². The maximum Gasteiger partial charge on any atom is 0.222 e. The second-order valence-corrected chi connectivity index (χ2v) is 5.26. The van der Waals surface area contributed by atoms with Crippen LogP contribution in [0.3, 0.4) is 0 Å². The lowest BCUT2D eigenvalue weighted by Gasteiger charge is -2.19. The van der Waals surface area contributed by atoms with Gasteiger partial charge in [0.25, 0.3) is 0 Å². The molecule has 23 heavy (non-hydrogen) atoms. The van der Waals surface area contributed by atoms with E-state index in [1.807, 2.05) is 35.2 Å². The van der Waals surface area contributed by atoms with Crippen molar-refractivity contribution in [2.24, 2.45) is 0 Å². The minimum Gasteiger partial charge on any atom is -0.467 e. The summed E-state index contributed by atoms with van der Waals surface area (Å²) in [6.45, 7) is 0.341. The number of rotatable bonds is 6. The van der Waals surface area contributed by atoms with Crippen molar-refractivity contribution in [2.75, 3.05) is 0 Å². The molecule has 0 radical (unpaired) electrons. The van der Waals surface area contributed by atoms with Crippen molar-refractivity contribution >= 4 is 5.91 Å². The van der Waals surface area contributed by atoms with Gasteiger partial charge in [-0.15, -0.1) is 0 Å². The lowest BCUT2D eigenvalue weighted by molar-refractivity contribution is -0.121. The standard InChI is InChI=1S/C18H17FN2O2/c19-15-6-3-5-14(11-15)17(21-8-1-2-9-21)12-18(22)20-13-16-7-4-10-23-16/h1-11,17H,12-13H2,(H,20,22). The molecule has 2 heterocycles. The van der Waals surface area contributed by atoms with E-state index in [1.165, 1.54) is 12.1 Å². The van der Waals surface area contributed by atoms with Gasteiger partial charge in [0.1, 0.15) is 11.6 Å². The normalized spacial score (nSPS) is 12.0. The third kappa shape index (κ3) is 3.88. The van der Waals surface area contributed by atoms with Crippen molar-refractivity contribution in [3.05, 3.63) is 84.3 Å². The molecule has 0 aliphatic carbocycles. The average Bonchev–Trinajstić information content (AvgIpc) is 3.24. The van der Waals surface area contributed by atoms with Gasteiger partial charge in [0.2, 0.25) is 5.91 Å². The molecule has 1 unspecified atom stereocenters. The highest BCUT2D eigenvalue weighted by Gasteiger charge is 2.18. The lowest BCUT2D eigenvalue weighted by Crippen LogP contribution is -2.26. The third-order valence-corrected chi connectivity index (χ3v) is 3.64. The SMILES string of the molecule is O=C(CC(c1cccc(F)c1)n1cccc1)NCc1ccco1. The Balaban J connectivity index is 1.72. The van der Waals surface area contributed by atoms with E-state index >= 15 is 0 Å². The molecule has 118 valence electrons. The van der Waals surface area contributed by atoms with Gasteiger partial charge in [0.15, 0.2) is 0 Å². The van der Waals surface area contributed by atoms with E-state index in [1.54, 1.807) is 24.5 Å². The van der Waals surface area contributed by atoms with Crippen molar-refractivity contribution in [1.29, 1.82) is 0 Å². The van der Waals surface area contributed by atoms with Gasteiger partial charge in [0, 0.05) is 12.4 Å². The molecule has 0 aliphatic rings. The average molecular weight is 312 g/mol. The van der Waals surface area contributed by atoms with Crippen LogP contribution < -0.4 is 5.32 Å². The first-order chi connectivity index (χ1) is 11.2. The quantitative estimate of drug-likeness (QED) is 0.757. The number of amides is 1. The van der Waals surface area contributed by atoms with Crippen LogP contribution in [0.1, 0.15) is 23.8 Å². The summed E-state index contributed by atoms with van der Waals surface area (Å²) in [5.74, 6) is 0.265. The zero-order valence-corrected chi connectivity index (χ0v) is 12.5. The summed E-state index contributed by atoms with van der Waals surface area (Å²) in [6, 6.07) is 13.4. The monoisotopic (exact) mass is 312 g/mol. The highest BCUT2D eigenvalue weighted by atomic mass is 19.1. The molecular weight excluding hydrogens is 295 g/mol. The summed E-state index contributed by atoms with van der Waals surface area (Å²) in [6.07, 6.45) is 5.53. The Kier molecular flexibility index (Phi) is 4.57. The number of nitrogens with zero attached hydrogens (tertiary/aromatic N) is 1. The van der Waals surface area contributed by atoms with Gasteiger partial charge in [-0.25, -0.2) is 4.39 Å². The van der Waals surface area contributed by atoms with E-state index in [0.29, 0.717) is 12.3 Å². The van der Waals surface area contributed by atoms with E-state index in [2.05, 4.69) is 5.32 Å². The highest BCUT2D eigenvalue weighted by molar-refractivity contribution is 5.76. The maximum atomic E-state index is 13.5. The molecule has 3 aromatic rings. The summed E-state index contributed by atoms with van der Waals surface area (Å²) in [4.78, 5) is 12.2. The van der Waals surface area contributed by atoms with Gasteiger partial charge in [-0.1, -0.05) is 12.1 Å². The lowest BCUT2D eigenvalue weighted by atomic mass is 10.0. The summed E-state index contributed by atoms with van der Waals surface area (Å²) in [5, 5.41) is 2.82. The van der Waals surface area contributed by atoms with Gasteiger partial charge in [0.05, 0.1) is 25.3 Å². The fourth-order valence-corrected chi connectivity index (χ4v) is 2.51. The Morgan fingerprint density at radius 1 is 1.17 bits per heavy atom. The van der Waals surface area contributed by atoms with Gasteiger partial charge in [-0.05, 0) is 42.0 Å². The molecule has 4 nitrogen and oxygen atoms in total. The van der Waals surface area contributed by atoms with Crippen LogP contribution in [0.15, 0.2) is 71.6 Å². The van der Waals surface area contributed by atoms with E-state index < -0.39 is 0 Å². The van der Waals surface area contributed by atoms with Crippen LogP contribution in [0.2, 0.25) is 0 Å². The second kappa shape index (κ2) is 6.96. The molecule has 1 amide bonds. The molecule has 0 aliphatic heterocycles. The molecule has 0 saturated carbocycles. The predicted molar refractivity (Wildman–Crippen MR) is 84.1 cm³/mol. The van der Waals surface area contributed by atoms with Crippen molar-refractivity contribution in [3.8, 4) is 0 Å². The van der Waals surface area contributed by atoms with E-state index in [0.717, 1.165) is 5.56 Å². The van der Waals surface area contributed by atoms with Crippen LogP contribution in [0.4, 0.5) is 4.39 Å². The highest BCUT2D eigenvalue weighted by Crippen LogP contribution is 2.23. The van der Waals surface area contributed by atoms with Gasteiger partial charge < -0.3 is 14.3 Å². The van der Waals surface area contributed by atoms with Crippen molar-refractivity contribution in [3.63, 3.8) is 0 Å². The van der Waals surface area contributed by atoms with E-state index in [4.69, 9.17) is 4.42 Å². The molecule has 1 N–H and O–H groups in total. The van der Waals surface area contributed by atoms with Gasteiger partial charge in [-0.2, -0.15) is 0 Å². The largest absolute Gasteiger partial charge is 0.467 e. The molecule has 1 aromatic carbocycles. The fraction of sp³-hybridized carbons (Fsp3) is 0.167.